The first-order valence-electron chi connectivity index (χ1n) is 11.9. The third kappa shape index (κ3) is 3.93. The van der Waals surface area contributed by atoms with Crippen LogP contribution in [0.4, 0.5) is 0 Å². The maximum Gasteiger partial charge on any atom is 0.254 e. The number of hydrogen-bond donors (Lipinski definition) is 1. The Morgan fingerprint density at radius 1 is 1.00 bits per heavy atom. The van der Waals surface area contributed by atoms with Crippen molar-refractivity contribution in [1.29, 1.82) is 0 Å². The first-order chi connectivity index (χ1) is 15.1. The van der Waals surface area contributed by atoms with E-state index < -0.39 is 0 Å². The Balaban J connectivity index is 1.54. The van der Waals surface area contributed by atoms with Gasteiger partial charge in [0.1, 0.15) is 0 Å². The van der Waals surface area contributed by atoms with Crippen molar-refractivity contribution in [2.45, 2.75) is 82.3 Å². The second-order valence-electron chi connectivity index (χ2n) is 9.64. The highest BCUT2D eigenvalue weighted by molar-refractivity contribution is 7.10. The van der Waals surface area contributed by atoms with E-state index in [1.807, 2.05) is 30.3 Å². The third-order valence-electron chi connectivity index (χ3n) is 7.57. The largest absolute Gasteiger partial charge is 0.353 e. The molecule has 164 valence electrons. The van der Waals surface area contributed by atoms with Gasteiger partial charge < -0.3 is 10.2 Å². The van der Waals surface area contributed by atoms with Gasteiger partial charge in [0.05, 0.1) is 12.0 Å². The lowest BCUT2D eigenvalue weighted by molar-refractivity contribution is -0.125. The van der Waals surface area contributed by atoms with Crippen LogP contribution in [0.15, 0.2) is 41.8 Å². The molecule has 1 aromatic carbocycles. The molecule has 5 rings (SSSR count). The van der Waals surface area contributed by atoms with Crippen molar-refractivity contribution in [2.75, 3.05) is 0 Å². The summed E-state index contributed by atoms with van der Waals surface area (Å²) in [5.74, 6) is 0.572. The predicted molar refractivity (Wildman–Crippen MR) is 124 cm³/mol. The standard InChI is InChI=1S/C26H32N2O2S/c1-17-12-14-18(15-13-17)27-25(29)23-20-9-4-5-10-21(20)26(30)28(19-7-2-3-8-19)24(23)22-11-6-16-31-22/h4-6,9-11,16-19,23-24H,2-3,7-8,12-15H2,1H3,(H,27,29)/t17?,18?,23-,24-/m1/s1. The van der Waals surface area contributed by atoms with E-state index in [1.54, 1.807) is 11.3 Å². The molecule has 2 saturated carbocycles. The van der Waals surface area contributed by atoms with Gasteiger partial charge in [-0.05, 0) is 67.5 Å². The van der Waals surface area contributed by atoms with Gasteiger partial charge in [-0.25, -0.2) is 0 Å². The lowest BCUT2D eigenvalue weighted by atomic mass is 9.80. The predicted octanol–water partition coefficient (Wildman–Crippen LogP) is 5.67. The molecule has 0 spiro atoms. The fourth-order valence-electron chi connectivity index (χ4n) is 5.88. The van der Waals surface area contributed by atoms with E-state index in [-0.39, 0.29) is 35.9 Å². The minimum atomic E-state index is -0.354. The molecule has 2 atom stereocenters. The molecule has 1 N–H and O–H groups in total. The maximum absolute atomic E-state index is 13.8. The molecule has 3 aliphatic rings. The van der Waals surface area contributed by atoms with E-state index in [2.05, 4.69) is 28.6 Å². The Labute approximate surface area is 189 Å². The molecule has 1 aliphatic heterocycles. The van der Waals surface area contributed by atoms with Crippen LogP contribution >= 0.6 is 11.3 Å². The monoisotopic (exact) mass is 436 g/mol. The number of fused-ring (bicyclic) bond motifs is 1. The summed E-state index contributed by atoms with van der Waals surface area (Å²) < 4.78 is 0. The first-order valence-corrected chi connectivity index (χ1v) is 12.8. The molecule has 2 amide bonds. The van der Waals surface area contributed by atoms with Crippen LogP contribution in [0.2, 0.25) is 0 Å². The van der Waals surface area contributed by atoms with E-state index in [9.17, 15) is 9.59 Å². The minimum Gasteiger partial charge on any atom is -0.353 e. The SMILES string of the molecule is CC1CCC(NC(=O)[C@@H]2c3ccccc3C(=O)N(C3CCCC3)[C@@H]2c2cccs2)CC1. The van der Waals surface area contributed by atoms with Gasteiger partial charge >= 0.3 is 0 Å². The second kappa shape index (κ2) is 8.78. The topological polar surface area (TPSA) is 49.4 Å². The number of nitrogens with zero attached hydrogens (tertiary/aromatic N) is 1. The zero-order chi connectivity index (χ0) is 21.4. The Hall–Kier alpha value is -2.14. The van der Waals surface area contributed by atoms with Crippen molar-refractivity contribution in [3.05, 3.63) is 57.8 Å². The van der Waals surface area contributed by atoms with Gasteiger partial charge in [-0.15, -0.1) is 11.3 Å². The van der Waals surface area contributed by atoms with Gasteiger partial charge in [0.15, 0.2) is 0 Å². The highest BCUT2D eigenvalue weighted by atomic mass is 32.1. The lowest BCUT2D eigenvalue weighted by Crippen LogP contribution is -2.52. The van der Waals surface area contributed by atoms with Crippen LogP contribution in [0, 0.1) is 5.92 Å². The van der Waals surface area contributed by atoms with E-state index >= 15 is 0 Å². The molecule has 4 nitrogen and oxygen atoms in total. The van der Waals surface area contributed by atoms with Crippen LogP contribution in [0.1, 0.15) is 91.0 Å². The highest BCUT2D eigenvalue weighted by Crippen LogP contribution is 2.47. The van der Waals surface area contributed by atoms with Crippen LogP contribution < -0.4 is 5.32 Å². The molecule has 2 aliphatic carbocycles. The van der Waals surface area contributed by atoms with Crippen molar-refractivity contribution in [3.8, 4) is 0 Å². The van der Waals surface area contributed by atoms with Crippen LogP contribution in [0.3, 0.4) is 0 Å². The molecule has 5 heteroatoms. The molecule has 1 aromatic heterocycles. The van der Waals surface area contributed by atoms with Gasteiger partial charge in [-0.1, -0.05) is 44.0 Å². The van der Waals surface area contributed by atoms with E-state index in [0.29, 0.717) is 5.56 Å². The molecular weight excluding hydrogens is 404 g/mol. The number of hydrogen-bond acceptors (Lipinski definition) is 3. The summed E-state index contributed by atoms with van der Waals surface area (Å²) in [6, 6.07) is 12.2. The van der Waals surface area contributed by atoms with Gasteiger partial charge in [-0.2, -0.15) is 0 Å². The maximum atomic E-state index is 13.8. The number of carbonyl (C=O) groups is 2. The van der Waals surface area contributed by atoms with Gasteiger partial charge in [-0.3, -0.25) is 9.59 Å². The lowest BCUT2D eigenvalue weighted by Gasteiger charge is -2.44. The number of benzene rings is 1. The van der Waals surface area contributed by atoms with Crippen LogP contribution in [0.25, 0.3) is 0 Å². The summed E-state index contributed by atoms with van der Waals surface area (Å²) in [5, 5.41) is 5.46. The highest BCUT2D eigenvalue weighted by Gasteiger charge is 2.47. The van der Waals surface area contributed by atoms with Crippen molar-refractivity contribution in [1.82, 2.24) is 10.2 Å². The van der Waals surface area contributed by atoms with Crippen molar-refractivity contribution in [2.24, 2.45) is 5.92 Å². The van der Waals surface area contributed by atoms with Crippen LogP contribution in [0.5, 0.6) is 0 Å². The summed E-state index contributed by atoms with van der Waals surface area (Å²) in [7, 11) is 0. The van der Waals surface area contributed by atoms with Crippen molar-refractivity contribution in [3.63, 3.8) is 0 Å². The number of carbonyl (C=O) groups excluding carboxylic acids is 2. The van der Waals surface area contributed by atoms with Gasteiger partial charge in [0, 0.05) is 22.5 Å². The fraction of sp³-hybridized carbons (Fsp3) is 0.538. The average Bonchev–Trinajstić information content (AvgIpc) is 3.49. The Morgan fingerprint density at radius 2 is 1.74 bits per heavy atom. The third-order valence-corrected chi connectivity index (χ3v) is 8.52. The normalized spacial score (nSPS) is 29.1. The van der Waals surface area contributed by atoms with E-state index in [1.165, 1.54) is 12.8 Å². The average molecular weight is 437 g/mol. The molecule has 2 fully saturated rings. The zero-order valence-corrected chi connectivity index (χ0v) is 19.1. The molecule has 0 radical (unpaired) electrons. The second-order valence-corrected chi connectivity index (χ2v) is 10.6. The van der Waals surface area contributed by atoms with E-state index in [4.69, 9.17) is 0 Å². The number of amides is 2. The molecule has 0 saturated heterocycles. The molecule has 0 bridgehead atoms. The van der Waals surface area contributed by atoms with Crippen molar-refractivity contribution >= 4 is 23.2 Å². The first kappa shape index (κ1) is 20.7. The smallest absolute Gasteiger partial charge is 0.254 e. The molecule has 2 aromatic rings. The number of nitrogens with one attached hydrogen (secondary N) is 1. The molecule has 0 unspecified atom stereocenters. The zero-order valence-electron chi connectivity index (χ0n) is 18.3. The Bertz CT molecular complexity index is 927. The van der Waals surface area contributed by atoms with E-state index in [0.717, 1.165) is 54.9 Å². The Kier molecular flexibility index (Phi) is 5.87. The fourth-order valence-corrected chi connectivity index (χ4v) is 6.74. The van der Waals surface area contributed by atoms with Crippen molar-refractivity contribution < 1.29 is 9.59 Å². The Morgan fingerprint density at radius 3 is 2.45 bits per heavy atom. The van der Waals surface area contributed by atoms with Gasteiger partial charge in [0.25, 0.3) is 5.91 Å². The van der Waals surface area contributed by atoms with Crippen LogP contribution in [-0.2, 0) is 4.79 Å². The van der Waals surface area contributed by atoms with Crippen LogP contribution in [-0.4, -0.2) is 28.8 Å². The molecule has 2 heterocycles. The number of rotatable bonds is 4. The summed E-state index contributed by atoms with van der Waals surface area (Å²) in [6.07, 6.45) is 8.83. The summed E-state index contributed by atoms with van der Waals surface area (Å²) in [6.45, 7) is 2.30. The quantitative estimate of drug-likeness (QED) is 0.672. The molecular formula is C26H32N2O2S. The minimum absolute atomic E-state index is 0.0842. The summed E-state index contributed by atoms with van der Waals surface area (Å²) in [5.41, 5.74) is 1.60. The summed E-state index contributed by atoms with van der Waals surface area (Å²) >= 11 is 1.66. The summed E-state index contributed by atoms with van der Waals surface area (Å²) in [4.78, 5) is 30.7. The van der Waals surface area contributed by atoms with Gasteiger partial charge in [0.2, 0.25) is 5.91 Å². The molecule has 31 heavy (non-hydrogen) atoms. The number of thiophene rings is 1.